The van der Waals surface area contributed by atoms with E-state index in [4.69, 9.17) is 4.42 Å². The third kappa shape index (κ3) is 2.73. The van der Waals surface area contributed by atoms with E-state index in [1.54, 1.807) is 0 Å². The van der Waals surface area contributed by atoms with E-state index in [0.29, 0.717) is 11.8 Å². The zero-order valence-corrected chi connectivity index (χ0v) is 15.5. The highest BCUT2D eigenvalue weighted by Crippen LogP contribution is 2.31. The lowest BCUT2D eigenvalue weighted by atomic mass is 10.0. The van der Waals surface area contributed by atoms with Crippen LogP contribution in [-0.2, 0) is 0 Å². The SMILES string of the molecule is CCN(CC)[C@H]1CCN(C(=O)c2oc3c(C)c(C)ccc3c2C)C1. The number of benzene rings is 1. The lowest BCUT2D eigenvalue weighted by Crippen LogP contribution is -2.38. The summed E-state index contributed by atoms with van der Waals surface area (Å²) in [4.78, 5) is 17.4. The van der Waals surface area contributed by atoms with Crippen molar-refractivity contribution in [3.63, 3.8) is 0 Å². The van der Waals surface area contributed by atoms with Crippen LogP contribution in [0.5, 0.6) is 0 Å². The van der Waals surface area contributed by atoms with Crippen LogP contribution in [0, 0.1) is 20.8 Å². The van der Waals surface area contributed by atoms with Gasteiger partial charge in [0.1, 0.15) is 5.58 Å². The largest absolute Gasteiger partial charge is 0.450 e. The molecule has 1 atom stereocenters. The number of fused-ring (bicyclic) bond motifs is 1. The molecular weight excluding hydrogens is 300 g/mol. The molecule has 2 heterocycles. The molecule has 1 aliphatic heterocycles. The van der Waals surface area contributed by atoms with Gasteiger partial charge in [-0.15, -0.1) is 0 Å². The van der Waals surface area contributed by atoms with Gasteiger partial charge in [0.2, 0.25) is 0 Å². The zero-order chi connectivity index (χ0) is 17.4. The normalized spacial score (nSPS) is 18.1. The Kier molecular flexibility index (Phi) is 4.68. The number of carbonyl (C=O) groups is 1. The quantitative estimate of drug-likeness (QED) is 0.854. The maximum absolute atomic E-state index is 13.0. The Labute approximate surface area is 144 Å². The number of hydrogen-bond acceptors (Lipinski definition) is 3. The van der Waals surface area contributed by atoms with Crippen molar-refractivity contribution in [2.75, 3.05) is 26.2 Å². The number of aryl methyl sites for hydroxylation is 3. The van der Waals surface area contributed by atoms with Crippen molar-refractivity contribution < 1.29 is 9.21 Å². The van der Waals surface area contributed by atoms with E-state index in [-0.39, 0.29) is 5.91 Å². The second kappa shape index (κ2) is 6.60. The van der Waals surface area contributed by atoms with E-state index in [0.717, 1.165) is 54.7 Å². The minimum Gasteiger partial charge on any atom is -0.450 e. The molecule has 1 fully saturated rings. The number of amides is 1. The van der Waals surface area contributed by atoms with Gasteiger partial charge in [-0.2, -0.15) is 0 Å². The third-order valence-corrected chi connectivity index (χ3v) is 5.60. The first-order valence-corrected chi connectivity index (χ1v) is 9.00. The number of nitrogens with zero attached hydrogens (tertiary/aromatic N) is 2. The van der Waals surface area contributed by atoms with E-state index in [1.807, 2.05) is 11.8 Å². The molecule has 1 amide bonds. The third-order valence-electron chi connectivity index (χ3n) is 5.60. The van der Waals surface area contributed by atoms with E-state index in [1.165, 1.54) is 5.56 Å². The van der Waals surface area contributed by atoms with E-state index in [9.17, 15) is 4.79 Å². The summed E-state index contributed by atoms with van der Waals surface area (Å²) in [6, 6.07) is 4.63. The summed E-state index contributed by atoms with van der Waals surface area (Å²) < 4.78 is 6.03. The summed E-state index contributed by atoms with van der Waals surface area (Å²) in [6.07, 6.45) is 1.05. The van der Waals surface area contributed by atoms with Crippen molar-refractivity contribution in [2.45, 2.75) is 47.1 Å². The average Bonchev–Trinajstić information content (AvgIpc) is 3.18. The minimum absolute atomic E-state index is 0.0374. The zero-order valence-electron chi connectivity index (χ0n) is 15.5. The van der Waals surface area contributed by atoms with Crippen LogP contribution in [-0.4, -0.2) is 47.9 Å². The van der Waals surface area contributed by atoms with E-state index < -0.39 is 0 Å². The lowest BCUT2D eigenvalue weighted by Gasteiger charge is -2.25. The van der Waals surface area contributed by atoms with Crippen molar-refractivity contribution in [3.05, 3.63) is 34.6 Å². The minimum atomic E-state index is 0.0374. The molecule has 130 valence electrons. The van der Waals surface area contributed by atoms with Gasteiger partial charge in [-0.05, 0) is 51.4 Å². The Balaban J connectivity index is 1.87. The van der Waals surface area contributed by atoms with Gasteiger partial charge in [-0.3, -0.25) is 9.69 Å². The first-order valence-electron chi connectivity index (χ1n) is 9.00. The number of furan rings is 1. The lowest BCUT2D eigenvalue weighted by molar-refractivity contribution is 0.0748. The summed E-state index contributed by atoms with van der Waals surface area (Å²) in [5.74, 6) is 0.550. The van der Waals surface area contributed by atoms with Gasteiger partial charge in [0, 0.05) is 30.1 Å². The Hall–Kier alpha value is -1.81. The average molecular weight is 328 g/mol. The van der Waals surface area contributed by atoms with Crippen molar-refractivity contribution in [1.82, 2.24) is 9.80 Å². The fraction of sp³-hybridized carbons (Fsp3) is 0.550. The van der Waals surface area contributed by atoms with E-state index >= 15 is 0 Å². The first-order chi connectivity index (χ1) is 11.5. The smallest absolute Gasteiger partial charge is 0.289 e. The van der Waals surface area contributed by atoms with Crippen LogP contribution in [0.3, 0.4) is 0 Å². The second-order valence-electron chi connectivity index (χ2n) is 6.86. The van der Waals surface area contributed by atoms with Crippen LogP contribution >= 0.6 is 0 Å². The molecule has 0 radical (unpaired) electrons. The molecule has 1 aliphatic rings. The number of likely N-dealkylation sites (N-methyl/N-ethyl adjacent to an activating group) is 1. The van der Waals surface area contributed by atoms with Gasteiger partial charge in [-0.25, -0.2) is 0 Å². The molecule has 0 unspecified atom stereocenters. The van der Waals surface area contributed by atoms with Gasteiger partial charge in [0.25, 0.3) is 5.91 Å². The topological polar surface area (TPSA) is 36.7 Å². The van der Waals surface area contributed by atoms with Gasteiger partial charge in [0.05, 0.1) is 0 Å². The van der Waals surface area contributed by atoms with Crippen molar-refractivity contribution in [1.29, 1.82) is 0 Å². The number of rotatable bonds is 4. The molecular formula is C20H28N2O2. The van der Waals surface area contributed by atoms with Crippen LogP contribution in [0.2, 0.25) is 0 Å². The summed E-state index contributed by atoms with van der Waals surface area (Å²) >= 11 is 0. The predicted molar refractivity (Wildman–Crippen MR) is 97.7 cm³/mol. The van der Waals surface area contributed by atoms with Gasteiger partial charge in [0.15, 0.2) is 5.76 Å². The van der Waals surface area contributed by atoms with Crippen molar-refractivity contribution in [3.8, 4) is 0 Å². The number of hydrogen-bond donors (Lipinski definition) is 0. The van der Waals surface area contributed by atoms with Gasteiger partial charge < -0.3 is 9.32 Å². The molecule has 4 nitrogen and oxygen atoms in total. The highest BCUT2D eigenvalue weighted by atomic mass is 16.3. The fourth-order valence-electron chi connectivity index (χ4n) is 3.83. The molecule has 1 aromatic carbocycles. The fourth-order valence-corrected chi connectivity index (χ4v) is 3.83. The predicted octanol–water partition coefficient (Wildman–Crippen LogP) is 3.91. The molecule has 24 heavy (non-hydrogen) atoms. The molecule has 0 spiro atoms. The van der Waals surface area contributed by atoms with Crippen LogP contribution in [0.1, 0.15) is 47.5 Å². The Morgan fingerprint density at radius 2 is 1.92 bits per heavy atom. The second-order valence-corrected chi connectivity index (χ2v) is 6.86. The maximum atomic E-state index is 13.0. The molecule has 0 bridgehead atoms. The van der Waals surface area contributed by atoms with Crippen molar-refractivity contribution in [2.24, 2.45) is 0 Å². The van der Waals surface area contributed by atoms with Crippen LogP contribution < -0.4 is 0 Å². The monoisotopic (exact) mass is 328 g/mol. The number of likely N-dealkylation sites (tertiary alicyclic amines) is 1. The molecule has 3 rings (SSSR count). The number of carbonyl (C=O) groups excluding carboxylic acids is 1. The maximum Gasteiger partial charge on any atom is 0.289 e. The Morgan fingerprint density at radius 1 is 1.21 bits per heavy atom. The standard InChI is InChI=1S/C20H28N2O2/c1-6-21(7-2)16-10-11-22(12-16)20(23)19-15(5)17-9-8-13(3)14(4)18(17)24-19/h8-9,16H,6-7,10-12H2,1-5H3/t16-/m0/s1. The molecule has 0 saturated carbocycles. The van der Waals surface area contributed by atoms with Gasteiger partial charge >= 0.3 is 0 Å². The Morgan fingerprint density at radius 3 is 2.58 bits per heavy atom. The molecule has 0 aliphatic carbocycles. The summed E-state index contributed by atoms with van der Waals surface area (Å²) in [6.45, 7) is 14.2. The van der Waals surface area contributed by atoms with Crippen LogP contribution in [0.25, 0.3) is 11.0 Å². The van der Waals surface area contributed by atoms with E-state index in [2.05, 4.69) is 44.7 Å². The highest BCUT2D eigenvalue weighted by Gasteiger charge is 2.32. The summed E-state index contributed by atoms with van der Waals surface area (Å²) in [5, 5.41) is 1.06. The molecule has 1 saturated heterocycles. The van der Waals surface area contributed by atoms with Crippen LogP contribution in [0.15, 0.2) is 16.5 Å². The summed E-state index contributed by atoms with van der Waals surface area (Å²) in [7, 11) is 0. The molecule has 1 aromatic heterocycles. The van der Waals surface area contributed by atoms with Gasteiger partial charge in [-0.1, -0.05) is 26.0 Å². The Bertz CT molecular complexity index is 759. The molecule has 2 aromatic rings. The van der Waals surface area contributed by atoms with Crippen LogP contribution in [0.4, 0.5) is 0 Å². The first kappa shape index (κ1) is 17.0. The highest BCUT2D eigenvalue weighted by molar-refractivity contribution is 5.99. The molecule has 0 N–H and O–H groups in total. The molecule has 4 heteroatoms. The summed E-state index contributed by atoms with van der Waals surface area (Å²) in [5.41, 5.74) is 4.13. The van der Waals surface area contributed by atoms with Crippen molar-refractivity contribution >= 4 is 16.9 Å².